The largest absolute Gasteiger partial charge is 0.350 e. The lowest BCUT2D eigenvalue weighted by Crippen LogP contribution is -2.50. The van der Waals surface area contributed by atoms with Crippen LogP contribution in [0.5, 0.6) is 0 Å². The van der Waals surface area contributed by atoms with Crippen LogP contribution >= 0.6 is 0 Å². The Labute approximate surface area is 108 Å². The van der Waals surface area contributed by atoms with Crippen molar-refractivity contribution in [1.29, 1.82) is 0 Å². The minimum atomic E-state index is -4.44. The number of rotatable bonds is 6. The standard InChI is InChI=1S/C11H22F2N2O2S/c1-9(2)7-14-8-10-5-3-4-6-15(10)18(16,17)11(12)13/h9-11,14H,3-8H2,1-2H3. The summed E-state index contributed by atoms with van der Waals surface area (Å²) in [5, 5.41) is 3.14. The van der Waals surface area contributed by atoms with Crippen LogP contribution in [0, 0.1) is 5.92 Å². The van der Waals surface area contributed by atoms with Crippen LogP contribution in [0.2, 0.25) is 0 Å². The summed E-state index contributed by atoms with van der Waals surface area (Å²) < 4.78 is 49.2. The van der Waals surface area contributed by atoms with Crippen LogP contribution < -0.4 is 5.32 Å². The number of hydrogen-bond acceptors (Lipinski definition) is 3. The van der Waals surface area contributed by atoms with Crippen molar-refractivity contribution in [2.24, 2.45) is 5.92 Å². The van der Waals surface area contributed by atoms with Gasteiger partial charge in [-0.1, -0.05) is 20.3 Å². The maximum atomic E-state index is 12.6. The Morgan fingerprint density at radius 3 is 2.56 bits per heavy atom. The van der Waals surface area contributed by atoms with Crippen LogP contribution in [0.15, 0.2) is 0 Å². The predicted octanol–water partition coefficient (Wildman–Crippen LogP) is 1.64. The molecule has 0 aromatic rings. The summed E-state index contributed by atoms with van der Waals surface area (Å²) in [7, 11) is -4.44. The minimum Gasteiger partial charge on any atom is -0.315 e. The lowest BCUT2D eigenvalue weighted by Gasteiger charge is -2.34. The highest BCUT2D eigenvalue weighted by Gasteiger charge is 2.37. The van der Waals surface area contributed by atoms with Crippen molar-refractivity contribution in [2.45, 2.75) is 44.9 Å². The van der Waals surface area contributed by atoms with Crippen LogP contribution in [0.25, 0.3) is 0 Å². The van der Waals surface area contributed by atoms with E-state index in [0.29, 0.717) is 25.3 Å². The second-order valence-electron chi connectivity index (χ2n) is 5.12. The third-order valence-electron chi connectivity index (χ3n) is 3.06. The monoisotopic (exact) mass is 284 g/mol. The summed E-state index contributed by atoms with van der Waals surface area (Å²) in [4.78, 5) is 0. The van der Waals surface area contributed by atoms with Crippen molar-refractivity contribution in [3.63, 3.8) is 0 Å². The normalized spacial score (nSPS) is 22.9. The highest BCUT2D eigenvalue weighted by Crippen LogP contribution is 2.23. The lowest BCUT2D eigenvalue weighted by molar-refractivity contribution is 0.190. The van der Waals surface area contributed by atoms with Gasteiger partial charge in [0.05, 0.1) is 0 Å². The van der Waals surface area contributed by atoms with Crippen molar-refractivity contribution in [1.82, 2.24) is 9.62 Å². The summed E-state index contributed by atoms with van der Waals surface area (Å²) in [6.07, 6.45) is 2.20. The third-order valence-corrected chi connectivity index (χ3v) is 4.64. The molecular formula is C11H22F2N2O2S. The van der Waals surface area contributed by atoms with E-state index in [4.69, 9.17) is 0 Å². The molecule has 1 aliphatic rings. The fraction of sp³-hybridized carbons (Fsp3) is 1.00. The number of nitrogens with one attached hydrogen (secondary N) is 1. The lowest BCUT2D eigenvalue weighted by atomic mass is 10.0. The fourth-order valence-electron chi connectivity index (χ4n) is 2.15. The van der Waals surface area contributed by atoms with Crippen LogP contribution in [0.3, 0.4) is 0 Å². The maximum Gasteiger partial charge on any atom is 0.350 e. The minimum absolute atomic E-state index is 0.209. The van der Waals surface area contributed by atoms with Gasteiger partial charge in [-0.25, -0.2) is 8.42 Å². The zero-order chi connectivity index (χ0) is 13.8. The average molecular weight is 284 g/mol. The molecule has 4 nitrogen and oxygen atoms in total. The summed E-state index contributed by atoms with van der Waals surface area (Å²) in [6.45, 7) is 5.51. The van der Waals surface area contributed by atoms with E-state index in [1.807, 2.05) is 13.8 Å². The van der Waals surface area contributed by atoms with Crippen molar-refractivity contribution < 1.29 is 17.2 Å². The Bertz CT molecular complexity index is 347. The number of alkyl halides is 2. The molecule has 0 saturated carbocycles. The van der Waals surface area contributed by atoms with E-state index in [9.17, 15) is 17.2 Å². The highest BCUT2D eigenvalue weighted by molar-refractivity contribution is 7.89. The summed E-state index contributed by atoms with van der Waals surface area (Å²) >= 11 is 0. The Kier molecular flexibility index (Phi) is 5.94. The van der Waals surface area contributed by atoms with Gasteiger partial charge in [-0.2, -0.15) is 13.1 Å². The number of hydrogen-bond donors (Lipinski definition) is 1. The molecule has 1 N–H and O–H groups in total. The van der Waals surface area contributed by atoms with Gasteiger partial charge >= 0.3 is 5.76 Å². The second-order valence-corrected chi connectivity index (χ2v) is 6.97. The molecule has 0 aliphatic carbocycles. The van der Waals surface area contributed by atoms with E-state index >= 15 is 0 Å². The van der Waals surface area contributed by atoms with Gasteiger partial charge in [-0.15, -0.1) is 0 Å². The third kappa shape index (κ3) is 4.13. The SMILES string of the molecule is CC(C)CNCC1CCCCN1S(=O)(=O)C(F)F. The smallest absolute Gasteiger partial charge is 0.315 e. The van der Waals surface area contributed by atoms with Gasteiger partial charge in [0.25, 0.3) is 10.0 Å². The topological polar surface area (TPSA) is 49.4 Å². The second kappa shape index (κ2) is 6.77. The zero-order valence-corrected chi connectivity index (χ0v) is 11.7. The number of halogens is 2. The zero-order valence-electron chi connectivity index (χ0n) is 10.9. The number of piperidine rings is 1. The van der Waals surface area contributed by atoms with Gasteiger partial charge < -0.3 is 5.32 Å². The molecule has 1 atom stereocenters. The molecule has 1 heterocycles. The quantitative estimate of drug-likeness (QED) is 0.806. The van der Waals surface area contributed by atoms with Gasteiger partial charge in [0, 0.05) is 19.1 Å². The summed E-state index contributed by atoms with van der Waals surface area (Å²) in [6, 6.07) is -0.337. The molecule has 0 amide bonds. The van der Waals surface area contributed by atoms with E-state index in [0.717, 1.165) is 17.3 Å². The molecule has 0 bridgehead atoms. The van der Waals surface area contributed by atoms with Crippen LogP contribution in [0.1, 0.15) is 33.1 Å². The molecule has 18 heavy (non-hydrogen) atoms. The molecule has 1 rings (SSSR count). The Balaban J connectivity index is 2.63. The number of nitrogens with zero attached hydrogens (tertiary/aromatic N) is 1. The highest BCUT2D eigenvalue weighted by atomic mass is 32.2. The molecular weight excluding hydrogens is 262 g/mol. The first-order valence-electron chi connectivity index (χ1n) is 6.35. The van der Waals surface area contributed by atoms with Gasteiger partial charge in [0.1, 0.15) is 0 Å². The Hall–Kier alpha value is -0.270. The van der Waals surface area contributed by atoms with E-state index in [1.54, 1.807) is 0 Å². The van der Waals surface area contributed by atoms with E-state index in [1.165, 1.54) is 0 Å². The van der Waals surface area contributed by atoms with E-state index in [2.05, 4.69) is 5.32 Å². The first-order valence-corrected chi connectivity index (χ1v) is 7.85. The summed E-state index contributed by atoms with van der Waals surface area (Å²) in [5.74, 6) is -2.86. The van der Waals surface area contributed by atoms with Gasteiger partial charge in [-0.3, -0.25) is 0 Å². The molecule has 0 aromatic heterocycles. The van der Waals surface area contributed by atoms with Crippen molar-refractivity contribution in [2.75, 3.05) is 19.6 Å². The van der Waals surface area contributed by atoms with Gasteiger partial charge in [0.15, 0.2) is 0 Å². The fourth-order valence-corrected chi connectivity index (χ4v) is 3.34. The molecule has 1 unspecified atom stereocenters. The molecule has 108 valence electrons. The summed E-state index contributed by atoms with van der Waals surface area (Å²) in [5.41, 5.74) is 0. The van der Waals surface area contributed by atoms with E-state index < -0.39 is 15.8 Å². The van der Waals surface area contributed by atoms with Crippen molar-refractivity contribution in [3.8, 4) is 0 Å². The average Bonchev–Trinajstić information content (AvgIpc) is 2.28. The maximum absolute atomic E-state index is 12.6. The van der Waals surface area contributed by atoms with Crippen molar-refractivity contribution >= 4 is 10.0 Å². The Morgan fingerprint density at radius 2 is 2.00 bits per heavy atom. The Morgan fingerprint density at radius 1 is 1.33 bits per heavy atom. The first-order chi connectivity index (χ1) is 8.35. The van der Waals surface area contributed by atoms with Crippen LogP contribution in [-0.4, -0.2) is 44.2 Å². The van der Waals surface area contributed by atoms with E-state index in [-0.39, 0.29) is 12.6 Å². The molecule has 0 aromatic carbocycles. The predicted molar refractivity (Wildman–Crippen MR) is 67.0 cm³/mol. The first kappa shape index (κ1) is 15.8. The molecule has 1 fully saturated rings. The van der Waals surface area contributed by atoms with Gasteiger partial charge in [-0.05, 0) is 25.3 Å². The van der Waals surface area contributed by atoms with Crippen LogP contribution in [-0.2, 0) is 10.0 Å². The van der Waals surface area contributed by atoms with Crippen LogP contribution in [0.4, 0.5) is 8.78 Å². The molecule has 0 spiro atoms. The molecule has 7 heteroatoms. The van der Waals surface area contributed by atoms with Gasteiger partial charge in [0.2, 0.25) is 0 Å². The molecule has 0 radical (unpaired) electrons. The molecule has 1 aliphatic heterocycles. The molecule has 1 saturated heterocycles. The van der Waals surface area contributed by atoms with Crippen molar-refractivity contribution in [3.05, 3.63) is 0 Å². The number of sulfonamides is 1.